The zero-order chi connectivity index (χ0) is 9.97. The first-order chi connectivity index (χ1) is 6.81. The van der Waals surface area contributed by atoms with E-state index in [0.29, 0.717) is 11.5 Å². The summed E-state index contributed by atoms with van der Waals surface area (Å²) in [5.41, 5.74) is 1.47. The van der Waals surface area contributed by atoms with E-state index in [2.05, 4.69) is 4.98 Å². The maximum absolute atomic E-state index is 12.6. The predicted octanol–water partition coefficient (Wildman–Crippen LogP) is 3.22. The van der Waals surface area contributed by atoms with Crippen molar-refractivity contribution in [2.24, 2.45) is 0 Å². The molecule has 0 saturated carbocycles. The van der Waals surface area contributed by atoms with Crippen molar-refractivity contribution in [2.45, 2.75) is 5.88 Å². The number of alkyl halides is 1. The molecule has 0 bridgehead atoms. The zero-order valence-corrected chi connectivity index (χ0v) is 7.96. The van der Waals surface area contributed by atoms with Crippen LogP contribution in [0.25, 0.3) is 11.3 Å². The number of halogens is 2. The lowest BCUT2D eigenvalue weighted by Crippen LogP contribution is -1.83. The first-order valence-electron chi connectivity index (χ1n) is 4.05. The van der Waals surface area contributed by atoms with Crippen LogP contribution in [0.5, 0.6) is 0 Å². The zero-order valence-electron chi connectivity index (χ0n) is 7.21. The molecule has 0 aliphatic rings. The molecule has 0 amide bonds. The average molecular weight is 212 g/mol. The van der Waals surface area contributed by atoms with Crippen molar-refractivity contribution >= 4 is 11.6 Å². The molecular formula is C10H7ClFNO. The number of aromatic nitrogens is 1. The summed E-state index contributed by atoms with van der Waals surface area (Å²) < 4.78 is 17.7. The first-order valence-corrected chi connectivity index (χ1v) is 4.59. The summed E-state index contributed by atoms with van der Waals surface area (Å²) in [5.74, 6) is 0.579. The number of oxazole rings is 1. The lowest BCUT2D eigenvalue weighted by atomic mass is 10.1. The second-order valence-corrected chi connectivity index (χ2v) is 3.03. The molecule has 0 radical (unpaired) electrons. The normalized spacial score (nSPS) is 10.4. The molecule has 0 unspecified atom stereocenters. The third kappa shape index (κ3) is 1.63. The summed E-state index contributed by atoms with van der Waals surface area (Å²) in [6, 6.07) is 6.04. The molecular weight excluding hydrogens is 205 g/mol. The fourth-order valence-electron chi connectivity index (χ4n) is 1.21. The number of rotatable bonds is 2. The summed E-state index contributed by atoms with van der Waals surface area (Å²) in [6.07, 6.45) is 1.33. The number of benzene rings is 1. The fourth-order valence-corrected chi connectivity index (χ4v) is 1.40. The Kier molecular flexibility index (Phi) is 2.50. The van der Waals surface area contributed by atoms with Crippen LogP contribution in [-0.4, -0.2) is 4.98 Å². The van der Waals surface area contributed by atoms with Gasteiger partial charge in [0.1, 0.15) is 17.3 Å². The van der Waals surface area contributed by atoms with Crippen LogP contribution in [-0.2, 0) is 5.88 Å². The molecule has 1 heterocycles. The van der Waals surface area contributed by atoms with Gasteiger partial charge in [-0.25, -0.2) is 9.37 Å². The second-order valence-electron chi connectivity index (χ2n) is 2.76. The van der Waals surface area contributed by atoms with Gasteiger partial charge in [0.15, 0.2) is 6.39 Å². The van der Waals surface area contributed by atoms with Gasteiger partial charge in [0.2, 0.25) is 0 Å². The molecule has 0 aliphatic carbocycles. The Labute approximate surface area is 85.3 Å². The third-order valence-corrected chi connectivity index (χ3v) is 2.12. The SMILES string of the molecule is Fc1ccc(-c2ncoc2CCl)cc1. The smallest absolute Gasteiger partial charge is 0.181 e. The molecule has 0 spiro atoms. The molecule has 4 heteroatoms. The Bertz CT molecular complexity index is 424. The lowest BCUT2D eigenvalue weighted by Gasteiger charge is -1.97. The molecule has 0 atom stereocenters. The predicted molar refractivity (Wildman–Crippen MR) is 51.5 cm³/mol. The maximum Gasteiger partial charge on any atom is 0.181 e. The number of nitrogens with zero attached hydrogens (tertiary/aromatic N) is 1. The lowest BCUT2D eigenvalue weighted by molar-refractivity contribution is 0.523. The average Bonchev–Trinajstić information content (AvgIpc) is 2.67. The Hall–Kier alpha value is -1.35. The van der Waals surface area contributed by atoms with Gasteiger partial charge >= 0.3 is 0 Å². The molecule has 14 heavy (non-hydrogen) atoms. The topological polar surface area (TPSA) is 26.0 Å². The minimum atomic E-state index is -0.273. The van der Waals surface area contributed by atoms with Crippen molar-refractivity contribution in [2.75, 3.05) is 0 Å². The molecule has 2 nitrogen and oxygen atoms in total. The summed E-state index contributed by atoms with van der Waals surface area (Å²) in [4.78, 5) is 4.01. The van der Waals surface area contributed by atoms with Gasteiger partial charge in [-0.3, -0.25) is 0 Å². The van der Waals surface area contributed by atoms with E-state index in [9.17, 15) is 4.39 Å². The molecule has 0 fully saturated rings. The summed E-state index contributed by atoms with van der Waals surface area (Å²) in [5, 5.41) is 0. The Morgan fingerprint density at radius 2 is 2.00 bits per heavy atom. The highest BCUT2D eigenvalue weighted by Gasteiger charge is 2.08. The summed E-state index contributed by atoms with van der Waals surface area (Å²) in [7, 11) is 0. The van der Waals surface area contributed by atoms with E-state index in [4.69, 9.17) is 16.0 Å². The van der Waals surface area contributed by atoms with E-state index in [1.165, 1.54) is 18.5 Å². The largest absolute Gasteiger partial charge is 0.447 e. The van der Waals surface area contributed by atoms with Gasteiger partial charge in [0.05, 0.1) is 5.88 Å². The van der Waals surface area contributed by atoms with Gasteiger partial charge in [-0.15, -0.1) is 11.6 Å². The molecule has 0 aliphatic heterocycles. The first kappa shape index (κ1) is 9.21. The minimum Gasteiger partial charge on any atom is -0.447 e. The van der Waals surface area contributed by atoms with Crippen LogP contribution in [0.15, 0.2) is 35.1 Å². The van der Waals surface area contributed by atoms with E-state index in [-0.39, 0.29) is 11.7 Å². The molecule has 0 N–H and O–H groups in total. The third-order valence-electron chi connectivity index (χ3n) is 1.88. The van der Waals surface area contributed by atoms with Crippen molar-refractivity contribution in [3.05, 3.63) is 42.2 Å². The van der Waals surface area contributed by atoms with Crippen LogP contribution in [0.3, 0.4) is 0 Å². The second kappa shape index (κ2) is 3.80. The Morgan fingerprint density at radius 3 is 2.64 bits per heavy atom. The van der Waals surface area contributed by atoms with Crippen LogP contribution in [0.2, 0.25) is 0 Å². The monoisotopic (exact) mass is 211 g/mol. The fraction of sp³-hybridized carbons (Fsp3) is 0.100. The van der Waals surface area contributed by atoms with Crippen LogP contribution >= 0.6 is 11.6 Å². The van der Waals surface area contributed by atoms with E-state index < -0.39 is 0 Å². The molecule has 0 saturated heterocycles. The van der Waals surface area contributed by atoms with E-state index in [0.717, 1.165) is 5.56 Å². The molecule has 1 aromatic carbocycles. The van der Waals surface area contributed by atoms with Crippen LogP contribution in [0.4, 0.5) is 4.39 Å². The van der Waals surface area contributed by atoms with Gasteiger partial charge in [-0.1, -0.05) is 0 Å². The van der Waals surface area contributed by atoms with Crippen molar-refractivity contribution < 1.29 is 8.81 Å². The van der Waals surface area contributed by atoms with Gasteiger partial charge in [0, 0.05) is 5.56 Å². The van der Waals surface area contributed by atoms with Crippen molar-refractivity contribution in [1.82, 2.24) is 4.98 Å². The van der Waals surface area contributed by atoms with Crippen LogP contribution in [0, 0.1) is 5.82 Å². The Morgan fingerprint density at radius 1 is 1.29 bits per heavy atom. The molecule has 2 aromatic rings. The number of hydrogen-bond acceptors (Lipinski definition) is 2. The highest BCUT2D eigenvalue weighted by molar-refractivity contribution is 6.17. The quantitative estimate of drug-likeness (QED) is 0.713. The van der Waals surface area contributed by atoms with Crippen molar-refractivity contribution in [1.29, 1.82) is 0 Å². The van der Waals surface area contributed by atoms with Gasteiger partial charge in [-0.05, 0) is 24.3 Å². The van der Waals surface area contributed by atoms with Crippen LogP contribution in [0.1, 0.15) is 5.76 Å². The molecule has 72 valence electrons. The minimum absolute atomic E-state index is 0.257. The highest BCUT2D eigenvalue weighted by atomic mass is 35.5. The van der Waals surface area contributed by atoms with Crippen LogP contribution < -0.4 is 0 Å². The standard InChI is InChI=1S/C10H7ClFNO/c11-5-9-10(13-6-14-9)7-1-3-8(12)4-2-7/h1-4,6H,5H2. The maximum atomic E-state index is 12.6. The van der Waals surface area contributed by atoms with Gasteiger partial charge in [0.25, 0.3) is 0 Å². The molecule has 1 aromatic heterocycles. The van der Waals surface area contributed by atoms with Gasteiger partial charge < -0.3 is 4.42 Å². The summed E-state index contributed by atoms with van der Waals surface area (Å²) in [6.45, 7) is 0. The molecule has 2 rings (SSSR count). The number of hydrogen-bond donors (Lipinski definition) is 0. The van der Waals surface area contributed by atoms with E-state index in [1.807, 2.05) is 0 Å². The summed E-state index contributed by atoms with van der Waals surface area (Å²) >= 11 is 5.65. The van der Waals surface area contributed by atoms with Crippen molar-refractivity contribution in [3.8, 4) is 11.3 Å². The highest BCUT2D eigenvalue weighted by Crippen LogP contribution is 2.23. The van der Waals surface area contributed by atoms with Crippen molar-refractivity contribution in [3.63, 3.8) is 0 Å². The van der Waals surface area contributed by atoms with Gasteiger partial charge in [-0.2, -0.15) is 0 Å². The van der Waals surface area contributed by atoms with E-state index in [1.54, 1.807) is 12.1 Å². The Balaban J connectivity index is 2.44. The van der Waals surface area contributed by atoms with E-state index >= 15 is 0 Å².